The van der Waals surface area contributed by atoms with Crippen molar-refractivity contribution in [3.05, 3.63) is 22.4 Å². The van der Waals surface area contributed by atoms with Crippen LogP contribution in [0, 0.1) is 5.92 Å². The van der Waals surface area contributed by atoms with Crippen molar-refractivity contribution < 1.29 is 14.7 Å². The van der Waals surface area contributed by atoms with Gasteiger partial charge in [-0.05, 0) is 23.8 Å². The molecule has 0 N–H and O–H groups in total. The molecule has 2 atom stereocenters. The van der Waals surface area contributed by atoms with E-state index in [2.05, 4.69) is 0 Å². The molecule has 1 aromatic heterocycles. The summed E-state index contributed by atoms with van der Waals surface area (Å²) in [5.41, 5.74) is 0. The van der Waals surface area contributed by atoms with Crippen LogP contribution in [-0.4, -0.2) is 28.6 Å². The second-order valence-electron chi connectivity index (χ2n) is 4.94. The van der Waals surface area contributed by atoms with E-state index in [-0.39, 0.29) is 17.2 Å². The zero-order chi connectivity index (χ0) is 14.0. The maximum Gasteiger partial charge on any atom is 0.234 e. The summed E-state index contributed by atoms with van der Waals surface area (Å²) in [5, 5.41) is 13.1. The molecule has 6 heteroatoms. The van der Waals surface area contributed by atoms with Crippen LogP contribution in [0.25, 0.3) is 0 Å². The number of carboxylic acid groups (broad SMARTS) is 1. The van der Waals surface area contributed by atoms with E-state index in [1.165, 1.54) is 16.7 Å². The number of hydrogen-bond acceptors (Lipinski definition) is 5. The van der Waals surface area contributed by atoms with Gasteiger partial charge in [0.05, 0.1) is 17.8 Å². The fraction of sp³-hybridized carbons (Fsp3) is 0.538. The molecule has 1 aliphatic heterocycles. The summed E-state index contributed by atoms with van der Waals surface area (Å²) < 4.78 is 0. The molecule has 0 aromatic carbocycles. The fourth-order valence-electron chi connectivity index (χ4n) is 2.19. The number of hydrogen-bond donors (Lipinski definition) is 0. The quantitative estimate of drug-likeness (QED) is 0.826. The number of carboxylic acids is 1. The number of rotatable bonds is 5. The monoisotopic (exact) mass is 298 g/mol. The Bertz CT molecular complexity index is 458. The van der Waals surface area contributed by atoms with Crippen molar-refractivity contribution in [3.8, 4) is 0 Å². The molecule has 1 fully saturated rings. The standard InChI is InChI=1S/C13H17NO3S2/c1-8(2)6-9(13(16)17)14-11(15)7-19-12(14)10-4-3-5-18-10/h3-5,8-9,12H,6-7H2,1-2H3,(H,16,17)/p-1/t9-,12-/m0/s1. The first-order valence-electron chi connectivity index (χ1n) is 6.17. The van der Waals surface area contributed by atoms with Gasteiger partial charge in [-0.2, -0.15) is 0 Å². The molecule has 0 unspecified atom stereocenters. The minimum atomic E-state index is -1.16. The molecule has 0 radical (unpaired) electrons. The highest BCUT2D eigenvalue weighted by molar-refractivity contribution is 8.00. The Morgan fingerprint density at radius 1 is 1.58 bits per heavy atom. The summed E-state index contributed by atoms with van der Waals surface area (Å²) in [6, 6.07) is 3.02. The molecule has 2 rings (SSSR count). The summed E-state index contributed by atoms with van der Waals surface area (Å²) in [5.74, 6) is -0.737. The van der Waals surface area contributed by atoms with Crippen molar-refractivity contribution in [2.45, 2.75) is 31.7 Å². The Morgan fingerprint density at radius 3 is 2.84 bits per heavy atom. The maximum absolute atomic E-state index is 12.0. The van der Waals surface area contributed by atoms with Crippen molar-refractivity contribution in [3.63, 3.8) is 0 Å². The lowest BCUT2D eigenvalue weighted by Crippen LogP contribution is -2.50. The number of carbonyl (C=O) groups is 2. The summed E-state index contributed by atoms with van der Waals surface area (Å²) in [6.07, 6.45) is 0.427. The maximum atomic E-state index is 12.0. The molecule has 2 heterocycles. The van der Waals surface area contributed by atoms with Crippen molar-refractivity contribution in [2.24, 2.45) is 5.92 Å². The van der Waals surface area contributed by atoms with E-state index in [1.807, 2.05) is 31.4 Å². The van der Waals surface area contributed by atoms with Crippen LogP contribution in [0.3, 0.4) is 0 Å². The van der Waals surface area contributed by atoms with Crippen molar-refractivity contribution in [2.75, 3.05) is 5.75 Å². The normalized spacial score (nSPS) is 21.1. The molecule has 104 valence electrons. The zero-order valence-corrected chi connectivity index (χ0v) is 12.5. The highest BCUT2D eigenvalue weighted by Gasteiger charge is 2.38. The smallest absolute Gasteiger partial charge is 0.234 e. The van der Waals surface area contributed by atoms with Crippen molar-refractivity contribution >= 4 is 35.0 Å². The van der Waals surface area contributed by atoms with Gasteiger partial charge in [-0.3, -0.25) is 4.79 Å². The molecule has 1 aromatic rings. The van der Waals surface area contributed by atoms with Crippen LogP contribution in [-0.2, 0) is 9.59 Å². The van der Waals surface area contributed by atoms with Crippen molar-refractivity contribution in [1.82, 2.24) is 4.90 Å². The third-order valence-electron chi connectivity index (χ3n) is 2.99. The molecule has 1 amide bonds. The average molecular weight is 298 g/mol. The van der Waals surface area contributed by atoms with Gasteiger partial charge in [-0.1, -0.05) is 19.9 Å². The zero-order valence-electron chi connectivity index (χ0n) is 10.9. The molecule has 19 heavy (non-hydrogen) atoms. The lowest BCUT2D eigenvalue weighted by Gasteiger charge is -2.33. The van der Waals surface area contributed by atoms with Crippen LogP contribution >= 0.6 is 23.1 Å². The van der Waals surface area contributed by atoms with Crippen LogP contribution in [0.2, 0.25) is 0 Å². The molecular weight excluding hydrogens is 282 g/mol. The largest absolute Gasteiger partial charge is 0.548 e. The summed E-state index contributed by atoms with van der Waals surface area (Å²) in [4.78, 5) is 25.9. The van der Waals surface area contributed by atoms with Crippen LogP contribution < -0.4 is 5.11 Å². The van der Waals surface area contributed by atoms with E-state index in [0.29, 0.717) is 12.2 Å². The van der Waals surface area contributed by atoms with E-state index in [9.17, 15) is 14.7 Å². The second-order valence-corrected chi connectivity index (χ2v) is 6.99. The van der Waals surface area contributed by atoms with Gasteiger partial charge in [0.25, 0.3) is 0 Å². The van der Waals surface area contributed by atoms with E-state index < -0.39 is 12.0 Å². The lowest BCUT2D eigenvalue weighted by molar-refractivity contribution is -0.312. The Kier molecular flexibility index (Phi) is 4.52. The first-order valence-corrected chi connectivity index (χ1v) is 8.10. The molecule has 0 saturated carbocycles. The van der Waals surface area contributed by atoms with Gasteiger partial charge in [-0.15, -0.1) is 23.1 Å². The van der Waals surface area contributed by atoms with Gasteiger partial charge >= 0.3 is 0 Å². The lowest BCUT2D eigenvalue weighted by atomic mass is 10.0. The Balaban J connectivity index is 2.26. The van der Waals surface area contributed by atoms with Gasteiger partial charge in [-0.25, -0.2) is 0 Å². The minimum Gasteiger partial charge on any atom is -0.548 e. The van der Waals surface area contributed by atoms with Crippen LogP contribution in [0.1, 0.15) is 30.5 Å². The van der Waals surface area contributed by atoms with Gasteiger partial charge in [0, 0.05) is 4.88 Å². The number of thioether (sulfide) groups is 1. The molecule has 1 aliphatic rings. The topological polar surface area (TPSA) is 60.4 Å². The number of carbonyl (C=O) groups excluding carboxylic acids is 2. The predicted octanol–water partition coefficient (Wildman–Crippen LogP) is 1.49. The van der Waals surface area contributed by atoms with E-state index >= 15 is 0 Å². The van der Waals surface area contributed by atoms with Crippen LogP contribution in [0.4, 0.5) is 0 Å². The molecular formula is C13H16NO3S2-. The number of nitrogens with zero attached hydrogens (tertiary/aromatic N) is 1. The van der Waals surface area contributed by atoms with Gasteiger partial charge in [0.15, 0.2) is 0 Å². The van der Waals surface area contributed by atoms with E-state index in [0.717, 1.165) is 4.88 Å². The Hall–Kier alpha value is -1.01. The highest BCUT2D eigenvalue weighted by Crippen LogP contribution is 2.42. The van der Waals surface area contributed by atoms with Gasteiger partial charge < -0.3 is 14.8 Å². The highest BCUT2D eigenvalue weighted by atomic mass is 32.2. The number of thiophene rings is 1. The predicted molar refractivity (Wildman–Crippen MR) is 74.6 cm³/mol. The Morgan fingerprint density at radius 2 is 2.32 bits per heavy atom. The van der Waals surface area contributed by atoms with Gasteiger partial charge in [0.1, 0.15) is 5.37 Å². The third-order valence-corrected chi connectivity index (χ3v) is 5.28. The van der Waals surface area contributed by atoms with Crippen LogP contribution in [0.5, 0.6) is 0 Å². The molecule has 1 saturated heterocycles. The van der Waals surface area contributed by atoms with E-state index in [1.54, 1.807) is 11.3 Å². The SMILES string of the molecule is CC(C)C[C@@H](C(=O)[O-])N1C(=O)CS[C@H]1c1cccs1. The summed E-state index contributed by atoms with van der Waals surface area (Å²) in [7, 11) is 0. The minimum absolute atomic E-state index is 0.113. The third kappa shape index (κ3) is 3.12. The first kappa shape index (κ1) is 14.4. The Labute approximate surface area is 120 Å². The molecule has 4 nitrogen and oxygen atoms in total. The molecule has 0 bridgehead atoms. The van der Waals surface area contributed by atoms with Gasteiger partial charge in [0.2, 0.25) is 5.91 Å². The van der Waals surface area contributed by atoms with Crippen molar-refractivity contribution in [1.29, 1.82) is 0 Å². The second kappa shape index (κ2) is 5.96. The average Bonchev–Trinajstić information content (AvgIpc) is 2.94. The number of aliphatic carboxylic acids is 1. The molecule has 0 aliphatic carbocycles. The number of amides is 1. The van der Waals surface area contributed by atoms with E-state index in [4.69, 9.17) is 0 Å². The summed E-state index contributed by atoms with van der Waals surface area (Å²) in [6.45, 7) is 3.90. The molecule has 0 spiro atoms. The summed E-state index contributed by atoms with van der Waals surface area (Å²) >= 11 is 3.03. The van der Waals surface area contributed by atoms with Crippen LogP contribution in [0.15, 0.2) is 17.5 Å². The fourth-order valence-corrected chi connectivity index (χ4v) is 4.38. The first-order chi connectivity index (χ1) is 9.00.